The van der Waals surface area contributed by atoms with Gasteiger partial charge in [-0.2, -0.15) is 0 Å². The van der Waals surface area contributed by atoms with E-state index in [2.05, 4.69) is 26.1 Å². The molecule has 0 aliphatic heterocycles. The van der Waals surface area contributed by atoms with Gasteiger partial charge in [0.1, 0.15) is 5.00 Å². The number of thiophene rings is 1. The van der Waals surface area contributed by atoms with Crippen LogP contribution >= 0.6 is 11.3 Å². The van der Waals surface area contributed by atoms with Crippen LogP contribution in [0.15, 0.2) is 30.3 Å². The molecule has 0 fully saturated rings. The summed E-state index contributed by atoms with van der Waals surface area (Å²) in [5.41, 5.74) is 2.84. The second kappa shape index (κ2) is 9.26. The minimum atomic E-state index is -0.599. The number of hydrogen-bond donors (Lipinski definition) is 1. The highest BCUT2D eigenvalue weighted by molar-refractivity contribution is 7.18. The zero-order chi connectivity index (χ0) is 22.6. The van der Waals surface area contributed by atoms with Gasteiger partial charge in [-0.3, -0.25) is 9.59 Å². The number of amides is 2. The molecule has 0 aliphatic carbocycles. The standard InChI is InChI=1S/C23H28N2O4S/c1-14-18(22(28)29-7)20(30-19(14)21(27)25(5)6)24-17(26)13-10-15-8-11-16(12-9-15)23(2,3)4/h8-13H,1-7H3,(H,24,26)/b13-10+. The fourth-order valence-electron chi connectivity index (χ4n) is 2.78. The van der Waals surface area contributed by atoms with E-state index in [-0.39, 0.29) is 16.9 Å². The van der Waals surface area contributed by atoms with Gasteiger partial charge in [0, 0.05) is 20.2 Å². The van der Waals surface area contributed by atoms with Crippen molar-refractivity contribution in [1.29, 1.82) is 0 Å². The number of benzene rings is 1. The molecule has 1 aromatic carbocycles. The average Bonchev–Trinajstić information content (AvgIpc) is 3.00. The van der Waals surface area contributed by atoms with E-state index in [1.54, 1.807) is 27.1 Å². The first-order chi connectivity index (χ1) is 14.0. The number of carbonyl (C=O) groups is 3. The lowest BCUT2D eigenvalue weighted by molar-refractivity contribution is -0.111. The molecule has 1 N–H and O–H groups in total. The zero-order valence-corrected chi connectivity index (χ0v) is 19.3. The van der Waals surface area contributed by atoms with Gasteiger partial charge in [0.2, 0.25) is 5.91 Å². The van der Waals surface area contributed by atoms with Crippen LogP contribution in [0.4, 0.5) is 5.00 Å². The summed E-state index contributed by atoms with van der Waals surface area (Å²) in [5.74, 6) is -1.23. The third-order valence-corrected chi connectivity index (χ3v) is 5.77. The molecule has 2 rings (SSSR count). The van der Waals surface area contributed by atoms with Gasteiger partial charge in [0.15, 0.2) is 0 Å². The van der Waals surface area contributed by atoms with Crippen LogP contribution in [-0.2, 0) is 14.9 Å². The molecular weight excluding hydrogens is 400 g/mol. The molecule has 30 heavy (non-hydrogen) atoms. The maximum absolute atomic E-state index is 12.5. The number of anilines is 1. The SMILES string of the molecule is COC(=O)c1c(NC(=O)/C=C/c2ccc(C(C)(C)C)cc2)sc(C(=O)N(C)C)c1C. The Labute approximate surface area is 181 Å². The van der Waals surface area contributed by atoms with Crippen LogP contribution in [0.3, 0.4) is 0 Å². The van der Waals surface area contributed by atoms with Crippen LogP contribution in [0.1, 0.15) is 57.5 Å². The first-order valence-electron chi connectivity index (χ1n) is 9.48. The van der Waals surface area contributed by atoms with Crippen LogP contribution < -0.4 is 5.32 Å². The molecule has 7 heteroatoms. The van der Waals surface area contributed by atoms with Crippen LogP contribution in [0.5, 0.6) is 0 Å². The van der Waals surface area contributed by atoms with E-state index in [0.717, 1.165) is 16.9 Å². The van der Waals surface area contributed by atoms with E-state index < -0.39 is 11.9 Å². The first kappa shape index (κ1) is 23.3. The molecule has 0 bridgehead atoms. The van der Waals surface area contributed by atoms with E-state index in [1.165, 1.54) is 23.6 Å². The van der Waals surface area contributed by atoms with Crippen LogP contribution in [0.2, 0.25) is 0 Å². The van der Waals surface area contributed by atoms with E-state index in [9.17, 15) is 14.4 Å². The molecular formula is C23H28N2O4S. The fraction of sp³-hybridized carbons (Fsp3) is 0.348. The highest BCUT2D eigenvalue weighted by atomic mass is 32.1. The molecule has 6 nitrogen and oxygen atoms in total. The van der Waals surface area contributed by atoms with Crippen molar-refractivity contribution in [1.82, 2.24) is 4.90 Å². The van der Waals surface area contributed by atoms with Crippen molar-refractivity contribution < 1.29 is 19.1 Å². The number of hydrogen-bond acceptors (Lipinski definition) is 5. The van der Waals surface area contributed by atoms with Crippen molar-refractivity contribution >= 4 is 40.2 Å². The minimum Gasteiger partial charge on any atom is -0.465 e. The number of nitrogens with zero attached hydrogens (tertiary/aromatic N) is 1. The fourth-order valence-corrected chi connectivity index (χ4v) is 4.00. The molecule has 0 aliphatic rings. The monoisotopic (exact) mass is 428 g/mol. The van der Waals surface area contributed by atoms with Crippen molar-refractivity contribution in [3.63, 3.8) is 0 Å². The summed E-state index contributed by atoms with van der Waals surface area (Å²) < 4.78 is 4.83. The third-order valence-electron chi connectivity index (χ3n) is 4.58. The maximum atomic E-state index is 12.5. The number of carbonyl (C=O) groups excluding carboxylic acids is 3. The average molecular weight is 429 g/mol. The molecule has 2 amide bonds. The Morgan fingerprint density at radius 1 is 1.10 bits per heavy atom. The molecule has 2 aromatic rings. The number of esters is 1. The first-order valence-corrected chi connectivity index (χ1v) is 10.3. The quantitative estimate of drug-likeness (QED) is 0.562. The second-order valence-corrected chi connectivity index (χ2v) is 9.17. The second-order valence-electron chi connectivity index (χ2n) is 8.15. The summed E-state index contributed by atoms with van der Waals surface area (Å²) in [6.45, 7) is 8.09. The molecule has 0 atom stereocenters. The summed E-state index contributed by atoms with van der Waals surface area (Å²) in [6, 6.07) is 7.98. The number of ether oxygens (including phenoxy) is 1. The number of rotatable bonds is 5. The lowest BCUT2D eigenvalue weighted by atomic mass is 9.87. The molecule has 0 saturated heterocycles. The molecule has 0 spiro atoms. The van der Waals surface area contributed by atoms with Gasteiger partial charge in [-0.15, -0.1) is 11.3 Å². The summed E-state index contributed by atoms with van der Waals surface area (Å²) in [5, 5.41) is 3.00. The predicted molar refractivity (Wildman–Crippen MR) is 121 cm³/mol. The summed E-state index contributed by atoms with van der Waals surface area (Å²) >= 11 is 1.06. The predicted octanol–water partition coefficient (Wildman–Crippen LogP) is 4.49. The minimum absolute atomic E-state index is 0.0582. The Hall–Kier alpha value is -2.93. The van der Waals surface area contributed by atoms with Gasteiger partial charge in [0.05, 0.1) is 17.6 Å². The van der Waals surface area contributed by atoms with E-state index in [4.69, 9.17) is 4.74 Å². The largest absolute Gasteiger partial charge is 0.465 e. The van der Waals surface area contributed by atoms with Crippen LogP contribution in [0.25, 0.3) is 6.08 Å². The number of methoxy groups -OCH3 is 1. The molecule has 0 saturated carbocycles. The maximum Gasteiger partial charge on any atom is 0.341 e. The van der Waals surface area contributed by atoms with Crippen molar-refractivity contribution in [3.8, 4) is 0 Å². The Balaban J connectivity index is 2.25. The van der Waals surface area contributed by atoms with Gasteiger partial charge >= 0.3 is 5.97 Å². The van der Waals surface area contributed by atoms with Crippen molar-refractivity contribution in [3.05, 3.63) is 57.5 Å². The highest BCUT2D eigenvalue weighted by Gasteiger charge is 2.26. The summed E-state index contributed by atoms with van der Waals surface area (Å²) in [6.07, 6.45) is 3.10. The van der Waals surface area contributed by atoms with Gasteiger partial charge in [-0.05, 0) is 35.1 Å². The summed E-state index contributed by atoms with van der Waals surface area (Å²) in [7, 11) is 4.52. The van der Waals surface area contributed by atoms with Crippen molar-refractivity contribution in [2.75, 3.05) is 26.5 Å². The van der Waals surface area contributed by atoms with Gasteiger partial charge in [-0.25, -0.2) is 4.79 Å². The molecule has 1 aromatic heterocycles. The molecule has 0 radical (unpaired) electrons. The molecule has 1 heterocycles. The van der Waals surface area contributed by atoms with Gasteiger partial charge in [-0.1, -0.05) is 45.0 Å². The normalized spacial score (nSPS) is 11.4. The lowest BCUT2D eigenvalue weighted by Crippen LogP contribution is -2.21. The topological polar surface area (TPSA) is 75.7 Å². The van der Waals surface area contributed by atoms with E-state index in [1.807, 2.05) is 24.3 Å². The van der Waals surface area contributed by atoms with Crippen molar-refractivity contribution in [2.45, 2.75) is 33.1 Å². The summed E-state index contributed by atoms with van der Waals surface area (Å²) in [4.78, 5) is 38.9. The highest BCUT2D eigenvalue weighted by Crippen LogP contribution is 2.34. The zero-order valence-electron chi connectivity index (χ0n) is 18.5. The molecule has 160 valence electrons. The van der Waals surface area contributed by atoms with Crippen LogP contribution in [0, 0.1) is 6.92 Å². The molecule has 0 unspecified atom stereocenters. The Morgan fingerprint density at radius 3 is 2.20 bits per heavy atom. The Kier molecular flexibility index (Phi) is 7.21. The van der Waals surface area contributed by atoms with Crippen LogP contribution in [-0.4, -0.2) is 43.9 Å². The number of nitrogens with one attached hydrogen (secondary N) is 1. The van der Waals surface area contributed by atoms with E-state index >= 15 is 0 Å². The van der Waals surface area contributed by atoms with Gasteiger partial charge < -0.3 is 15.0 Å². The lowest BCUT2D eigenvalue weighted by Gasteiger charge is -2.18. The van der Waals surface area contributed by atoms with Gasteiger partial charge in [0.25, 0.3) is 5.91 Å². The van der Waals surface area contributed by atoms with Crippen molar-refractivity contribution in [2.24, 2.45) is 0 Å². The van der Waals surface area contributed by atoms with E-state index in [0.29, 0.717) is 15.4 Å². The smallest absolute Gasteiger partial charge is 0.341 e. The Morgan fingerprint density at radius 2 is 1.70 bits per heavy atom. The third kappa shape index (κ3) is 5.36. The Bertz CT molecular complexity index is 980.